The molecule has 2 aromatic rings. The topological polar surface area (TPSA) is 475 Å². The number of H-pyrrole nitrogens is 2. The Hall–Kier alpha value is -5.79. The molecule has 19 atom stereocenters. The molecule has 0 aromatic carbocycles. The zero-order valence-corrected chi connectivity index (χ0v) is 73.0. The highest BCUT2D eigenvalue weighted by molar-refractivity contribution is 7.73. The van der Waals surface area contributed by atoms with Crippen LogP contribution in [0.1, 0.15) is 89.3 Å². The summed E-state index contributed by atoms with van der Waals surface area (Å²) in [7, 11) is 0. The average Bonchev–Trinajstić information content (AvgIpc) is 1.35. The second kappa shape index (κ2) is 39.6. The number of hydrogen-bond acceptors (Lipinski definition) is 26. The normalized spacial score (nSPS) is 31.3. The van der Waals surface area contributed by atoms with Gasteiger partial charge in [0, 0.05) is 60.3 Å². The van der Waals surface area contributed by atoms with Crippen LogP contribution in [0.25, 0.3) is 0 Å². The third kappa shape index (κ3) is 26.6. The van der Waals surface area contributed by atoms with Gasteiger partial charge in [0.15, 0.2) is 31.1 Å². The molecule has 115 heavy (non-hydrogen) atoms. The van der Waals surface area contributed by atoms with Gasteiger partial charge in [-0.3, -0.25) is 43.1 Å². The number of amides is 3. The molecule has 5 fully saturated rings. The van der Waals surface area contributed by atoms with Gasteiger partial charge in [-0.2, -0.15) is 0 Å². The second-order valence-corrected chi connectivity index (χ2v) is 55.8. The number of nitrogens with one attached hydrogen (secondary N) is 5. The van der Waals surface area contributed by atoms with Crippen LogP contribution in [-0.4, -0.2) is 346 Å². The number of aliphatic hydroxyl groups excluding tert-OH is 8. The van der Waals surface area contributed by atoms with E-state index in [1.807, 2.05) is 6.92 Å². The maximum Gasteiger partial charge on any atom is 0.330 e. The number of carbonyl (C=O) groups excluding carboxylic acids is 3. The molecular weight excluding hydrogens is 1590 g/mol. The molecule has 10 heterocycles. The Labute approximate surface area is 673 Å². The SMILES string of the molecule is C=C1NC(=O)C=CN1C1O[C@H](CCP(=C)(C)C)[C@@H](O)C1(O)O.C=C1NC(=O)C=CN1C1O[C@H](CCP(=C)(C)C)[C@@H](O)[C@@]1(C)O.C=C1NC(=O)C=CN1C1O[C@](C)(CCP(=C)(C)C)[C@@H](O)[C@H]1O.C=CCCc1cn(C2O[C@H](CCP(=C)(C)C)[C@@H](O)[C@H]2O)c(=O)[nH]c1=O.C=P(C)(C)CC[C@H]1OC(n2cc(CCC)c(=O)[nH]c2=O)[C@H](O)[C@@H]1O. The number of rotatable bonds is 25. The van der Waals surface area contributed by atoms with Crippen molar-refractivity contribution in [2.75, 3.05) is 97.5 Å². The Kier molecular flexibility index (Phi) is 33.8. The lowest BCUT2D eigenvalue weighted by Gasteiger charge is -2.37. The van der Waals surface area contributed by atoms with Gasteiger partial charge in [-0.1, -0.05) is 39.2 Å². The number of aryl methyl sites for hydroxylation is 2. The molecule has 38 heteroatoms. The molecule has 0 saturated carbocycles. The van der Waals surface area contributed by atoms with Crippen LogP contribution >= 0.6 is 34.4 Å². The van der Waals surface area contributed by atoms with Gasteiger partial charge < -0.3 is 111 Å². The maximum atomic E-state index is 12.1. The van der Waals surface area contributed by atoms with Gasteiger partial charge in [-0.25, -0.2) is 9.59 Å². The monoisotopic (exact) mass is 1710 g/mol. The molecule has 0 aliphatic carbocycles. The highest BCUT2D eigenvalue weighted by atomic mass is 31.2. The van der Waals surface area contributed by atoms with Crippen LogP contribution in [0.4, 0.5) is 0 Å². The van der Waals surface area contributed by atoms with Crippen LogP contribution in [0.15, 0.2) is 118 Å². The molecule has 648 valence electrons. The van der Waals surface area contributed by atoms with Crippen molar-refractivity contribution in [2.45, 2.75) is 200 Å². The molecule has 33 nitrogen and oxygen atoms in total. The summed E-state index contributed by atoms with van der Waals surface area (Å²) in [5.74, 6) is -2.60. The van der Waals surface area contributed by atoms with Crippen LogP contribution < -0.4 is 38.4 Å². The molecule has 0 spiro atoms. The summed E-state index contributed by atoms with van der Waals surface area (Å²) in [6, 6.07) is 0. The van der Waals surface area contributed by atoms with Crippen LogP contribution in [-0.2, 0) is 50.9 Å². The van der Waals surface area contributed by atoms with Gasteiger partial charge in [-0.15, -0.1) is 72.5 Å². The number of aromatic nitrogens is 4. The quantitative estimate of drug-likeness (QED) is 0.0366. The first-order valence-electron chi connectivity index (χ1n) is 37.8. The number of allylic oxidation sites excluding steroid dienone is 1. The molecule has 2 aromatic heterocycles. The van der Waals surface area contributed by atoms with E-state index in [0.717, 1.165) is 41.8 Å². The van der Waals surface area contributed by atoms with E-state index in [1.54, 1.807) is 13.0 Å². The minimum absolute atomic E-state index is 0.155. The van der Waals surface area contributed by atoms with Crippen LogP contribution in [0.5, 0.6) is 0 Å². The third-order valence-electron chi connectivity index (χ3n) is 20.2. The van der Waals surface area contributed by atoms with E-state index in [2.05, 4.69) is 150 Å². The largest absolute Gasteiger partial charge is 0.388 e. The van der Waals surface area contributed by atoms with E-state index in [0.29, 0.717) is 74.1 Å². The number of nitrogens with zero attached hydrogens (tertiary/aromatic N) is 5. The maximum absolute atomic E-state index is 12.1. The van der Waals surface area contributed by atoms with Crippen molar-refractivity contribution in [3.63, 3.8) is 0 Å². The van der Waals surface area contributed by atoms with E-state index >= 15 is 0 Å². The predicted octanol–water partition coefficient (Wildman–Crippen LogP) is 0.529. The first-order valence-corrected chi connectivity index (χ1v) is 53.1. The first-order chi connectivity index (χ1) is 52.8. The summed E-state index contributed by atoms with van der Waals surface area (Å²) in [6.45, 7) is 34.6. The molecule has 8 aliphatic rings. The summed E-state index contributed by atoms with van der Waals surface area (Å²) in [5.41, 5.74) is -3.68. The van der Waals surface area contributed by atoms with Crippen molar-refractivity contribution in [1.29, 1.82) is 0 Å². The zero-order chi connectivity index (χ0) is 87.0. The lowest BCUT2D eigenvalue weighted by molar-refractivity contribution is -0.251. The number of aliphatic hydroxyl groups is 11. The minimum Gasteiger partial charge on any atom is -0.388 e. The van der Waals surface area contributed by atoms with Crippen molar-refractivity contribution in [3.8, 4) is 0 Å². The molecule has 3 amide bonds. The third-order valence-corrected chi connectivity index (χ3v) is 27.6. The Morgan fingerprint density at radius 1 is 0.461 bits per heavy atom. The lowest BCUT2D eigenvalue weighted by atomic mass is 9.94. The number of carbonyl (C=O) groups is 3. The molecule has 0 radical (unpaired) electrons. The Balaban J connectivity index is 0.000000224. The van der Waals surface area contributed by atoms with Crippen LogP contribution in [0.3, 0.4) is 0 Å². The minimum atomic E-state index is -2.47. The van der Waals surface area contributed by atoms with Gasteiger partial charge in [0.1, 0.15) is 71.9 Å². The molecule has 16 N–H and O–H groups in total. The van der Waals surface area contributed by atoms with Crippen molar-refractivity contribution in [3.05, 3.63) is 152 Å². The van der Waals surface area contributed by atoms with Gasteiger partial charge in [0.2, 0.25) is 5.79 Å². The van der Waals surface area contributed by atoms with Crippen LogP contribution in [0.2, 0.25) is 0 Å². The molecule has 0 bridgehead atoms. The van der Waals surface area contributed by atoms with E-state index in [1.165, 1.54) is 75.4 Å². The predicted molar refractivity (Wildman–Crippen MR) is 461 cm³/mol. The zero-order valence-electron chi connectivity index (χ0n) is 68.6. The van der Waals surface area contributed by atoms with Gasteiger partial charge in [-0.05, 0) is 163 Å². The molecule has 10 rings (SSSR count). The standard InChI is InChI=1S/C17H27N2O5P.C16H27N2O5P.2C15H25N2O4P.C14H23N2O5P/c1-5-6-7-11-10-19(17(23)18-15(11)22)16-14(21)13(20)12(24-16)8-9-25(2,3)4;1-5-6-10-9-18(16(22)17-14(10)21)15-13(20)12(19)11(23-15)7-8-24(2,3)4;1-10-16-12(18)6-8-17(10)14-15(2,20)13(19)11(21-14)7-9-22(3,4)5;1-10-16-11(18)6-8-17(10)14-12(19)13(20)15(2,21-14)7-9-22(3,4)5;1-9-15-11(17)5-7-16(9)13-14(19,20)12(18)10(21-13)6-8-22(2,3)4/h5,10,12-14,16,20-21H,1-2,6-9H2,3-4H3,(H,18,22,23);9,11-13,15,19-20H,2,5-8H2,1,3-4H3,(H,17,21,22);6,8,11,13-14,19-20H,1,3,7,9H2,2,4-5H3,(H,16,18);6,8,12-14,19-20H,1,3,7,9H2,2,4-5H3,(H,16,18);5,7,10,12-13,18-20H,1-2,6,8H2,3-4H3,(H,15,17)/t12-,13-,14-,16?;11-,12-,13-,15?;11-,13-,14?,15-;12-,13+,14?,15-;10-,12-,13?/m11111/s1. The average molecular weight is 1720 g/mol. The molecule has 5 saturated heterocycles. The van der Waals surface area contributed by atoms with Crippen molar-refractivity contribution < 1.29 is 94.2 Å². The van der Waals surface area contributed by atoms with E-state index < -0.39 is 178 Å². The summed E-state index contributed by atoms with van der Waals surface area (Å²) in [6.07, 6.45) is 26.2. The van der Waals surface area contributed by atoms with Crippen LogP contribution in [0, 0.1) is 0 Å². The van der Waals surface area contributed by atoms with Gasteiger partial charge >= 0.3 is 11.4 Å². The fourth-order valence-corrected chi connectivity index (χ4v) is 18.2. The number of hydrogen-bond donors (Lipinski definition) is 16. The summed E-state index contributed by atoms with van der Waals surface area (Å²) >= 11 is 0. The van der Waals surface area contributed by atoms with E-state index in [9.17, 15) is 89.7 Å². The van der Waals surface area contributed by atoms with Crippen molar-refractivity contribution >= 4 is 83.6 Å². The molecule has 8 aliphatic heterocycles. The highest BCUT2D eigenvalue weighted by Crippen LogP contribution is 2.47. The van der Waals surface area contributed by atoms with E-state index in [-0.39, 0.29) is 23.5 Å². The fourth-order valence-electron chi connectivity index (χ4n) is 13.4. The summed E-state index contributed by atoms with van der Waals surface area (Å²) < 4.78 is 31.3. The van der Waals surface area contributed by atoms with Crippen molar-refractivity contribution in [2.24, 2.45) is 0 Å². The second-order valence-electron chi connectivity index (χ2n) is 34.2. The Morgan fingerprint density at radius 3 is 1.19 bits per heavy atom. The van der Waals surface area contributed by atoms with E-state index in [4.69, 9.17) is 23.7 Å². The smallest absolute Gasteiger partial charge is 0.330 e. The lowest BCUT2D eigenvalue weighted by Crippen LogP contribution is -2.55. The highest BCUT2D eigenvalue weighted by Gasteiger charge is 2.58. The number of aromatic amines is 2. The molecule has 5 unspecified atom stereocenters. The Morgan fingerprint density at radius 2 is 0.817 bits per heavy atom. The summed E-state index contributed by atoms with van der Waals surface area (Å²) in [4.78, 5) is 90.6. The van der Waals surface area contributed by atoms with Crippen molar-refractivity contribution in [1.82, 2.24) is 49.8 Å². The van der Waals surface area contributed by atoms with Gasteiger partial charge in [0.25, 0.3) is 28.8 Å². The summed E-state index contributed by atoms with van der Waals surface area (Å²) in [5, 5.41) is 121. The Bertz CT molecular complexity index is 4350. The number of ether oxygens (including phenoxy) is 5. The molecular formula is C77H127N10O23P5. The van der Waals surface area contributed by atoms with Gasteiger partial charge in [0.05, 0.1) is 30.0 Å². The fraction of sp³-hybridized carbons (Fsp3) is 0.610. The first kappa shape index (κ1) is 98.0.